The summed E-state index contributed by atoms with van der Waals surface area (Å²) in [5.74, 6) is -0.700. The van der Waals surface area contributed by atoms with Crippen LogP contribution in [-0.2, 0) is 0 Å². The molecule has 0 aliphatic rings. The van der Waals surface area contributed by atoms with Crippen LogP contribution in [0.25, 0.3) is 0 Å². The zero-order valence-electron chi connectivity index (χ0n) is 8.79. The molecule has 5 nitrogen and oxygen atoms in total. The van der Waals surface area contributed by atoms with Crippen molar-refractivity contribution >= 4 is 27.5 Å². The van der Waals surface area contributed by atoms with E-state index >= 15 is 0 Å². The average molecular weight is 299 g/mol. The second kappa shape index (κ2) is 4.62. The number of benzene rings is 1. The molecule has 1 heterocycles. The summed E-state index contributed by atoms with van der Waals surface area (Å²) in [4.78, 5) is 15.4. The summed E-state index contributed by atoms with van der Waals surface area (Å²) in [6.07, 6.45) is 1.24. The van der Waals surface area contributed by atoms with Crippen molar-refractivity contribution < 1.29 is 9.18 Å². The normalized spacial score (nSPS) is 10.3. The number of H-pyrrole nitrogens is 1. The molecule has 0 fully saturated rings. The van der Waals surface area contributed by atoms with Crippen molar-refractivity contribution in [2.45, 2.75) is 6.92 Å². The van der Waals surface area contributed by atoms with Crippen molar-refractivity contribution in [3.8, 4) is 0 Å². The number of carbonyl (C=O) groups excluding carboxylic acids is 1. The molecule has 0 spiro atoms. The van der Waals surface area contributed by atoms with E-state index in [0.29, 0.717) is 11.3 Å². The first-order valence-corrected chi connectivity index (χ1v) is 5.49. The lowest BCUT2D eigenvalue weighted by Gasteiger charge is -2.08. The number of aromatic nitrogens is 3. The Hall–Kier alpha value is -1.76. The van der Waals surface area contributed by atoms with E-state index in [1.807, 2.05) is 0 Å². The van der Waals surface area contributed by atoms with Crippen LogP contribution in [-0.4, -0.2) is 21.1 Å². The van der Waals surface area contributed by atoms with Gasteiger partial charge < -0.3 is 5.32 Å². The molecular weight excluding hydrogens is 291 g/mol. The van der Waals surface area contributed by atoms with Crippen LogP contribution in [0, 0.1) is 12.7 Å². The molecule has 0 aliphatic carbocycles. The summed E-state index contributed by atoms with van der Waals surface area (Å²) in [6.45, 7) is 1.70. The number of nitrogens with one attached hydrogen (secondary N) is 2. The molecule has 0 unspecified atom stereocenters. The molecule has 0 saturated carbocycles. The van der Waals surface area contributed by atoms with Gasteiger partial charge in [0, 0.05) is 5.69 Å². The SMILES string of the molecule is Cc1cc(F)c(Br)cc1NC(=O)c1ncn[nH]1. The second-order valence-electron chi connectivity index (χ2n) is 3.37. The topological polar surface area (TPSA) is 70.7 Å². The van der Waals surface area contributed by atoms with Crippen LogP contribution in [0.5, 0.6) is 0 Å². The first-order valence-electron chi connectivity index (χ1n) is 4.70. The first kappa shape index (κ1) is 11.7. The van der Waals surface area contributed by atoms with Crippen LogP contribution < -0.4 is 5.32 Å². The fourth-order valence-electron chi connectivity index (χ4n) is 1.28. The van der Waals surface area contributed by atoms with Crippen molar-refractivity contribution in [1.82, 2.24) is 15.2 Å². The van der Waals surface area contributed by atoms with E-state index in [2.05, 4.69) is 36.4 Å². The smallest absolute Gasteiger partial charge is 0.292 e. The third-order valence-corrected chi connectivity index (χ3v) is 2.75. The lowest BCUT2D eigenvalue weighted by Crippen LogP contribution is -2.14. The molecule has 0 bridgehead atoms. The maximum atomic E-state index is 13.2. The molecule has 0 aliphatic heterocycles. The Balaban J connectivity index is 2.25. The highest BCUT2D eigenvalue weighted by Crippen LogP contribution is 2.24. The molecule has 17 heavy (non-hydrogen) atoms. The standard InChI is InChI=1S/C10H8BrFN4O/c1-5-2-7(12)6(11)3-8(5)15-10(17)9-13-4-14-16-9/h2-4H,1H3,(H,15,17)(H,13,14,16). The minimum Gasteiger partial charge on any atom is -0.319 e. The van der Waals surface area contributed by atoms with Gasteiger partial charge in [0.1, 0.15) is 12.1 Å². The van der Waals surface area contributed by atoms with Gasteiger partial charge in [0.05, 0.1) is 4.47 Å². The Labute approximate surface area is 105 Å². The van der Waals surface area contributed by atoms with E-state index in [9.17, 15) is 9.18 Å². The van der Waals surface area contributed by atoms with E-state index in [1.165, 1.54) is 18.5 Å². The average Bonchev–Trinajstić information content (AvgIpc) is 2.79. The maximum absolute atomic E-state index is 13.2. The molecule has 2 rings (SSSR count). The maximum Gasteiger partial charge on any atom is 0.292 e. The Morgan fingerprint density at radius 2 is 2.29 bits per heavy atom. The quantitative estimate of drug-likeness (QED) is 0.893. The fourth-order valence-corrected chi connectivity index (χ4v) is 1.62. The van der Waals surface area contributed by atoms with Gasteiger partial charge in [-0.05, 0) is 40.5 Å². The Kier molecular flexibility index (Phi) is 3.19. The number of aromatic amines is 1. The number of halogens is 2. The van der Waals surface area contributed by atoms with E-state index < -0.39 is 5.91 Å². The Morgan fingerprint density at radius 3 is 2.94 bits per heavy atom. The highest BCUT2D eigenvalue weighted by Gasteiger charge is 2.12. The number of amides is 1. The summed E-state index contributed by atoms with van der Waals surface area (Å²) in [5.41, 5.74) is 1.14. The van der Waals surface area contributed by atoms with Gasteiger partial charge in [0.15, 0.2) is 0 Å². The number of carbonyl (C=O) groups is 1. The number of hydrogen-bond donors (Lipinski definition) is 2. The summed E-state index contributed by atoms with van der Waals surface area (Å²) in [6, 6.07) is 2.83. The fraction of sp³-hybridized carbons (Fsp3) is 0.100. The molecule has 88 valence electrons. The van der Waals surface area contributed by atoms with Gasteiger partial charge in [-0.2, -0.15) is 5.10 Å². The summed E-state index contributed by atoms with van der Waals surface area (Å²) < 4.78 is 13.5. The predicted molar refractivity (Wildman–Crippen MR) is 63.2 cm³/mol. The largest absolute Gasteiger partial charge is 0.319 e. The molecular formula is C10H8BrFN4O. The van der Waals surface area contributed by atoms with E-state index in [4.69, 9.17) is 0 Å². The van der Waals surface area contributed by atoms with Gasteiger partial charge >= 0.3 is 0 Å². The zero-order chi connectivity index (χ0) is 12.4. The molecule has 0 radical (unpaired) electrons. The molecule has 0 atom stereocenters. The number of nitrogens with zero attached hydrogens (tertiary/aromatic N) is 2. The molecule has 1 aromatic heterocycles. The second-order valence-corrected chi connectivity index (χ2v) is 4.22. The highest BCUT2D eigenvalue weighted by atomic mass is 79.9. The molecule has 2 aromatic rings. The van der Waals surface area contributed by atoms with E-state index in [0.717, 1.165) is 0 Å². The number of anilines is 1. The van der Waals surface area contributed by atoms with E-state index in [-0.39, 0.29) is 16.1 Å². The third kappa shape index (κ3) is 2.50. The van der Waals surface area contributed by atoms with Crippen LogP contribution in [0.1, 0.15) is 16.2 Å². The zero-order valence-corrected chi connectivity index (χ0v) is 10.4. The van der Waals surface area contributed by atoms with Gasteiger partial charge in [0.25, 0.3) is 5.91 Å². The van der Waals surface area contributed by atoms with Crippen molar-refractivity contribution in [3.05, 3.63) is 40.1 Å². The third-order valence-electron chi connectivity index (χ3n) is 2.15. The van der Waals surface area contributed by atoms with Crippen LogP contribution in [0.2, 0.25) is 0 Å². The highest BCUT2D eigenvalue weighted by molar-refractivity contribution is 9.10. The van der Waals surface area contributed by atoms with Gasteiger partial charge in [-0.1, -0.05) is 0 Å². The van der Waals surface area contributed by atoms with Gasteiger partial charge in [-0.3, -0.25) is 9.89 Å². The van der Waals surface area contributed by atoms with E-state index in [1.54, 1.807) is 6.92 Å². The first-order chi connectivity index (χ1) is 8.08. The Bertz CT molecular complexity index is 556. The number of rotatable bonds is 2. The summed E-state index contributed by atoms with van der Waals surface area (Å²) >= 11 is 3.06. The van der Waals surface area contributed by atoms with Crippen molar-refractivity contribution in [2.24, 2.45) is 0 Å². The molecule has 1 amide bonds. The summed E-state index contributed by atoms with van der Waals surface area (Å²) in [5, 5.41) is 8.63. The predicted octanol–water partition coefficient (Wildman–Crippen LogP) is 2.27. The van der Waals surface area contributed by atoms with Crippen molar-refractivity contribution in [3.63, 3.8) is 0 Å². The van der Waals surface area contributed by atoms with Crippen LogP contribution in [0.15, 0.2) is 22.9 Å². The monoisotopic (exact) mass is 298 g/mol. The molecule has 0 saturated heterocycles. The van der Waals surface area contributed by atoms with Crippen LogP contribution in [0.3, 0.4) is 0 Å². The molecule has 7 heteroatoms. The van der Waals surface area contributed by atoms with Crippen molar-refractivity contribution in [2.75, 3.05) is 5.32 Å². The van der Waals surface area contributed by atoms with Gasteiger partial charge in [-0.15, -0.1) is 0 Å². The molecule has 2 N–H and O–H groups in total. The minimum absolute atomic E-state index is 0.102. The number of aryl methyl sites for hydroxylation is 1. The summed E-state index contributed by atoms with van der Waals surface area (Å²) in [7, 11) is 0. The van der Waals surface area contributed by atoms with Gasteiger partial charge in [-0.25, -0.2) is 9.37 Å². The van der Waals surface area contributed by atoms with Crippen molar-refractivity contribution in [1.29, 1.82) is 0 Å². The lowest BCUT2D eigenvalue weighted by molar-refractivity contribution is 0.101. The van der Waals surface area contributed by atoms with Crippen LogP contribution in [0.4, 0.5) is 10.1 Å². The van der Waals surface area contributed by atoms with Gasteiger partial charge in [0.2, 0.25) is 5.82 Å². The van der Waals surface area contributed by atoms with Crippen LogP contribution >= 0.6 is 15.9 Å². The Morgan fingerprint density at radius 1 is 1.53 bits per heavy atom. The lowest BCUT2D eigenvalue weighted by atomic mass is 10.2. The molecule has 1 aromatic carbocycles. The number of hydrogen-bond acceptors (Lipinski definition) is 3. The minimum atomic E-state index is -0.427.